The number of ether oxygens (including phenoxy) is 2. The number of nitrogens with zero attached hydrogens (tertiary/aromatic N) is 1. The van der Waals surface area contributed by atoms with Gasteiger partial charge in [-0.3, -0.25) is 9.59 Å². The quantitative estimate of drug-likeness (QED) is 0.721. The third-order valence-corrected chi connectivity index (χ3v) is 5.19. The molecule has 1 N–H and O–H groups in total. The van der Waals surface area contributed by atoms with E-state index in [0.29, 0.717) is 32.9 Å². The lowest BCUT2D eigenvalue weighted by atomic mass is 10.2. The number of imide groups is 1. The second-order valence-corrected chi connectivity index (χ2v) is 7.05. The number of amides is 2. The van der Waals surface area contributed by atoms with Crippen molar-refractivity contribution in [1.82, 2.24) is 0 Å². The van der Waals surface area contributed by atoms with Crippen LogP contribution in [0.15, 0.2) is 36.0 Å². The smallest absolute Gasteiger partial charge is 0.282 e. The Balaban J connectivity index is 1.96. The summed E-state index contributed by atoms with van der Waals surface area (Å²) in [5, 5.41) is 3.98. The first-order valence-electron chi connectivity index (χ1n) is 8.32. The van der Waals surface area contributed by atoms with Crippen molar-refractivity contribution in [3.05, 3.63) is 57.2 Å². The van der Waals surface area contributed by atoms with Crippen LogP contribution in [0.5, 0.6) is 11.5 Å². The molecule has 2 amide bonds. The van der Waals surface area contributed by atoms with E-state index in [2.05, 4.69) is 5.32 Å². The highest BCUT2D eigenvalue weighted by atomic mass is 35.5. The standard InChI is InChI=1S/C20H18Cl2N2O4/c1-10-5-14(17(27-3)7-12(10)21)23-15-9-19(25)24(20(15)26)16-6-11(2)13(22)8-18(16)28-4/h5-9,23H,1-4H3. The van der Waals surface area contributed by atoms with E-state index in [1.54, 1.807) is 31.2 Å². The molecule has 0 aromatic heterocycles. The van der Waals surface area contributed by atoms with Gasteiger partial charge in [0.2, 0.25) is 0 Å². The molecular weight excluding hydrogens is 403 g/mol. The predicted molar refractivity (Wildman–Crippen MR) is 110 cm³/mol. The van der Waals surface area contributed by atoms with Gasteiger partial charge in [0.05, 0.1) is 25.6 Å². The van der Waals surface area contributed by atoms with Crippen molar-refractivity contribution in [2.24, 2.45) is 0 Å². The van der Waals surface area contributed by atoms with Gasteiger partial charge in [-0.2, -0.15) is 0 Å². The van der Waals surface area contributed by atoms with Gasteiger partial charge in [-0.25, -0.2) is 4.90 Å². The van der Waals surface area contributed by atoms with Gasteiger partial charge in [0.15, 0.2) is 0 Å². The lowest BCUT2D eigenvalue weighted by Crippen LogP contribution is -2.32. The van der Waals surface area contributed by atoms with E-state index in [1.807, 2.05) is 6.92 Å². The maximum atomic E-state index is 13.0. The summed E-state index contributed by atoms with van der Waals surface area (Å²) in [6, 6.07) is 6.60. The molecule has 6 nitrogen and oxygen atoms in total. The molecule has 2 aromatic carbocycles. The van der Waals surface area contributed by atoms with Gasteiger partial charge >= 0.3 is 0 Å². The minimum absolute atomic E-state index is 0.111. The normalized spacial score (nSPS) is 13.6. The summed E-state index contributed by atoms with van der Waals surface area (Å²) in [4.78, 5) is 26.6. The number of rotatable bonds is 5. The summed E-state index contributed by atoms with van der Waals surface area (Å²) in [6.07, 6.45) is 1.23. The largest absolute Gasteiger partial charge is 0.495 e. The van der Waals surface area contributed by atoms with E-state index in [0.717, 1.165) is 16.0 Å². The zero-order valence-corrected chi connectivity index (χ0v) is 17.2. The average molecular weight is 421 g/mol. The summed E-state index contributed by atoms with van der Waals surface area (Å²) in [7, 11) is 2.94. The van der Waals surface area contributed by atoms with E-state index in [1.165, 1.54) is 20.3 Å². The zero-order chi connectivity index (χ0) is 20.6. The third kappa shape index (κ3) is 3.53. The summed E-state index contributed by atoms with van der Waals surface area (Å²) in [5.74, 6) is -0.223. The number of carbonyl (C=O) groups is 2. The predicted octanol–water partition coefficient (Wildman–Crippen LogP) is 4.50. The number of halogens is 2. The van der Waals surface area contributed by atoms with Crippen molar-refractivity contribution in [2.75, 3.05) is 24.4 Å². The molecule has 0 saturated heterocycles. The minimum Gasteiger partial charge on any atom is -0.495 e. The van der Waals surface area contributed by atoms with Crippen LogP contribution in [0.1, 0.15) is 11.1 Å². The van der Waals surface area contributed by atoms with Gasteiger partial charge in [-0.15, -0.1) is 0 Å². The maximum Gasteiger partial charge on any atom is 0.282 e. The van der Waals surface area contributed by atoms with Crippen LogP contribution in [0.4, 0.5) is 11.4 Å². The fourth-order valence-corrected chi connectivity index (χ4v) is 3.16. The van der Waals surface area contributed by atoms with Gasteiger partial charge in [-0.1, -0.05) is 23.2 Å². The lowest BCUT2D eigenvalue weighted by Gasteiger charge is -2.20. The van der Waals surface area contributed by atoms with Crippen molar-refractivity contribution >= 4 is 46.4 Å². The van der Waals surface area contributed by atoms with Gasteiger partial charge in [0.25, 0.3) is 11.8 Å². The SMILES string of the molecule is COc1cc(Cl)c(C)cc1NC1=CC(=O)N(c2cc(C)c(Cl)cc2OC)C1=O. The highest BCUT2D eigenvalue weighted by molar-refractivity contribution is 6.34. The van der Waals surface area contributed by atoms with Crippen LogP contribution in [0, 0.1) is 13.8 Å². The van der Waals surface area contributed by atoms with Gasteiger partial charge < -0.3 is 14.8 Å². The van der Waals surface area contributed by atoms with Gasteiger partial charge in [0, 0.05) is 28.3 Å². The Bertz CT molecular complexity index is 1020. The molecule has 1 aliphatic heterocycles. The number of methoxy groups -OCH3 is 2. The molecule has 0 aliphatic carbocycles. The zero-order valence-electron chi connectivity index (χ0n) is 15.7. The molecule has 3 rings (SSSR count). The molecule has 0 saturated carbocycles. The van der Waals surface area contributed by atoms with E-state index in [4.69, 9.17) is 32.7 Å². The third-order valence-electron chi connectivity index (χ3n) is 4.37. The molecular formula is C20H18Cl2N2O4. The molecule has 0 spiro atoms. The first kappa shape index (κ1) is 20.0. The molecule has 0 atom stereocenters. The van der Waals surface area contributed by atoms with Crippen LogP contribution in [-0.2, 0) is 9.59 Å². The monoisotopic (exact) mass is 420 g/mol. The van der Waals surface area contributed by atoms with Crippen LogP contribution >= 0.6 is 23.2 Å². The van der Waals surface area contributed by atoms with E-state index < -0.39 is 11.8 Å². The van der Waals surface area contributed by atoms with E-state index in [-0.39, 0.29) is 5.70 Å². The van der Waals surface area contributed by atoms with Crippen LogP contribution in [0.25, 0.3) is 0 Å². The number of anilines is 2. The fraction of sp³-hybridized carbons (Fsp3) is 0.200. The molecule has 1 aliphatic rings. The Labute approximate surface area is 172 Å². The van der Waals surface area contributed by atoms with Crippen molar-refractivity contribution < 1.29 is 19.1 Å². The van der Waals surface area contributed by atoms with Crippen LogP contribution in [0.3, 0.4) is 0 Å². The molecule has 0 bridgehead atoms. The van der Waals surface area contributed by atoms with Crippen LogP contribution < -0.4 is 19.7 Å². The number of benzene rings is 2. The molecule has 28 heavy (non-hydrogen) atoms. The molecule has 2 aromatic rings. The number of aryl methyl sites for hydroxylation is 2. The van der Waals surface area contributed by atoms with Crippen molar-refractivity contribution in [3.63, 3.8) is 0 Å². The summed E-state index contributed by atoms with van der Waals surface area (Å²) >= 11 is 12.2. The first-order valence-corrected chi connectivity index (χ1v) is 9.07. The van der Waals surface area contributed by atoms with Crippen molar-refractivity contribution in [3.8, 4) is 11.5 Å². The molecule has 1 heterocycles. The number of hydrogen-bond acceptors (Lipinski definition) is 5. The van der Waals surface area contributed by atoms with Crippen LogP contribution in [0.2, 0.25) is 10.0 Å². The maximum absolute atomic E-state index is 13.0. The number of nitrogens with one attached hydrogen (secondary N) is 1. The number of hydrogen-bond donors (Lipinski definition) is 1. The summed E-state index contributed by atoms with van der Waals surface area (Å²) in [5.41, 5.74) is 2.48. The highest BCUT2D eigenvalue weighted by Crippen LogP contribution is 2.37. The van der Waals surface area contributed by atoms with Crippen molar-refractivity contribution in [1.29, 1.82) is 0 Å². The lowest BCUT2D eigenvalue weighted by molar-refractivity contribution is -0.120. The Kier molecular flexibility index (Phi) is 5.54. The van der Waals surface area contributed by atoms with Crippen LogP contribution in [-0.4, -0.2) is 26.0 Å². The van der Waals surface area contributed by atoms with Gasteiger partial charge in [-0.05, 0) is 37.1 Å². The Hall–Kier alpha value is -2.70. The second kappa shape index (κ2) is 7.73. The molecule has 0 unspecified atom stereocenters. The Morgan fingerprint density at radius 2 is 1.46 bits per heavy atom. The Morgan fingerprint density at radius 3 is 2.07 bits per heavy atom. The van der Waals surface area contributed by atoms with Gasteiger partial charge in [0.1, 0.15) is 17.2 Å². The molecule has 146 valence electrons. The van der Waals surface area contributed by atoms with E-state index in [9.17, 15) is 9.59 Å². The topological polar surface area (TPSA) is 67.9 Å². The van der Waals surface area contributed by atoms with Crippen molar-refractivity contribution in [2.45, 2.75) is 13.8 Å². The van der Waals surface area contributed by atoms with E-state index >= 15 is 0 Å². The number of carbonyl (C=O) groups excluding carboxylic acids is 2. The first-order chi connectivity index (χ1) is 13.3. The fourth-order valence-electron chi connectivity index (χ4n) is 2.85. The Morgan fingerprint density at radius 1 is 0.893 bits per heavy atom. The summed E-state index contributed by atoms with van der Waals surface area (Å²) < 4.78 is 10.6. The molecule has 0 fully saturated rings. The average Bonchev–Trinajstić information content (AvgIpc) is 2.93. The summed E-state index contributed by atoms with van der Waals surface area (Å²) in [6.45, 7) is 3.61. The molecule has 0 radical (unpaired) electrons. The molecule has 8 heteroatoms. The minimum atomic E-state index is -0.514. The highest BCUT2D eigenvalue weighted by Gasteiger charge is 2.35. The second-order valence-electron chi connectivity index (χ2n) is 6.24.